The highest BCUT2D eigenvalue weighted by Crippen LogP contribution is 2.22. The molecule has 0 aliphatic rings. The molecule has 0 aliphatic carbocycles. The fraction of sp³-hybridized carbons (Fsp3) is 0.250. The van der Waals surface area contributed by atoms with Crippen LogP contribution in [0.5, 0.6) is 0 Å². The predicted molar refractivity (Wildman–Crippen MR) is 82.2 cm³/mol. The number of esters is 1. The van der Waals surface area contributed by atoms with Crippen molar-refractivity contribution in [3.63, 3.8) is 0 Å². The molecule has 1 amide bonds. The number of aryl methyl sites for hydroxylation is 1. The number of halogens is 1. The van der Waals surface area contributed by atoms with Gasteiger partial charge in [-0.15, -0.1) is 10.2 Å². The normalized spacial score (nSPS) is 10.3. The number of amides is 1. The van der Waals surface area contributed by atoms with Gasteiger partial charge in [-0.3, -0.25) is 9.69 Å². The van der Waals surface area contributed by atoms with Crippen LogP contribution < -0.4 is 4.90 Å². The van der Waals surface area contributed by atoms with E-state index in [2.05, 4.69) is 14.9 Å². The summed E-state index contributed by atoms with van der Waals surface area (Å²) in [5, 5.41) is 8.02. The zero-order valence-corrected chi connectivity index (χ0v) is 13.0. The van der Waals surface area contributed by atoms with Gasteiger partial charge in [0.25, 0.3) is 0 Å². The lowest BCUT2D eigenvalue weighted by Crippen LogP contribution is -2.35. The summed E-state index contributed by atoms with van der Waals surface area (Å²) in [6, 6.07) is 7.55. The van der Waals surface area contributed by atoms with E-state index in [0.29, 0.717) is 16.8 Å². The van der Waals surface area contributed by atoms with Crippen LogP contribution in [0.15, 0.2) is 30.3 Å². The monoisotopic (exact) mass is 317 g/mol. The van der Waals surface area contributed by atoms with E-state index in [4.69, 9.17) is 0 Å². The van der Waals surface area contributed by atoms with E-state index in [1.54, 1.807) is 32.0 Å². The average Bonchev–Trinajstić information content (AvgIpc) is 2.54. The van der Waals surface area contributed by atoms with Crippen molar-refractivity contribution in [3.8, 4) is 11.3 Å². The second kappa shape index (κ2) is 6.95. The van der Waals surface area contributed by atoms with Crippen molar-refractivity contribution in [2.45, 2.75) is 13.8 Å². The van der Waals surface area contributed by atoms with Crippen LogP contribution in [0.4, 0.5) is 10.2 Å². The molecule has 1 aromatic carbocycles. The lowest BCUT2D eigenvalue weighted by Gasteiger charge is -2.16. The molecule has 0 unspecified atom stereocenters. The molecule has 120 valence electrons. The van der Waals surface area contributed by atoms with Crippen LogP contribution in [-0.4, -0.2) is 35.7 Å². The van der Waals surface area contributed by atoms with Crippen LogP contribution in [0.1, 0.15) is 12.5 Å². The third-order valence-electron chi connectivity index (χ3n) is 3.17. The molecule has 0 N–H and O–H groups in total. The summed E-state index contributed by atoms with van der Waals surface area (Å²) in [5.74, 6) is -1.85. The molecule has 2 rings (SSSR count). The van der Waals surface area contributed by atoms with Gasteiger partial charge in [-0.05, 0) is 49.7 Å². The number of aromatic nitrogens is 2. The summed E-state index contributed by atoms with van der Waals surface area (Å²) in [4.78, 5) is 24.5. The van der Waals surface area contributed by atoms with Crippen molar-refractivity contribution >= 4 is 17.7 Å². The van der Waals surface area contributed by atoms with E-state index < -0.39 is 11.9 Å². The molecular weight excluding hydrogens is 301 g/mol. The third kappa shape index (κ3) is 3.68. The predicted octanol–water partition coefficient (Wildman–Crippen LogP) is 2.12. The first-order valence-corrected chi connectivity index (χ1v) is 6.99. The number of hydrogen-bond acceptors (Lipinski definition) is 5. The van der Waals surface area contributed by atoms with Crippen LogP contribution in [0.25, 0.3) is 11.3 Å². The van der Waals surface area contributed by atoms with Crippen molar-refractivity contribution in [1.82, 2.24) is 10.2 Å². The van der Waals surface area contributed by atoms with Gasteiger partial charge in [0.15, 0.2) is 5.82 Å². The Hall–Kier alpha value is -2.83. The maximum absolute atomic E-state index is 13.0. The Labute approximate surface area is 132 Å². The fourth-order valence-electron chi connectivity index (χ4n) is 2.00. The molecule has 0 fully saturated rings. The van der Waals surface area contributed by atoms with Crippen LogP contribution in [-0.2, 0) is 14.3 Å². The summed E-state index contributed by atoms with van der Waals surface area (Å²) < 4.78 is 17.6. The van der Waals surface area contributed by atoms with E-state index in [1.165, 1.54) is 19.2 Å². The quantitative estimate of drug-likeness (QED) is 0.640. The lowest BCUT2D eigenvalue weighted by molar-refractivity contribution is -0.153. The van der Waals surface area contributed by atoms with E-state index in [-0.39, 0.29) is 18.2 Å². The molecule has 0 radical (unpaired) electrons. The highest BCUT2D eigenvalue weighted by Gasteiger charge is 2.23. The van der Waals surface area contributed by atoms with Crippen molar-refractivity contribution in [2.24, 2.45) is 0 Å². The molecule has 7 heteroatoms. The number of ether oxygens (including phenoxy) is 1. The Bertz CT molecular complexity index is 732. The molecule has 0 aliphatic heterocycles. The van der Waals surface area contributed by atoms with Gasteiger partial charge < -0.3 is 4.74 Å². The molecule has 0 atom stereocenters. The minimum absolute atomic E-state index is 0.118. The first-order chi connectivity index (χ1) is 10.9. The molecular formula is C16H16FN3O3. The minimum atomic E-state index is -0.946. The maximum Gasteiger partial charge on any atom is 0.397 e. The van der Waals surface area contributed by atoms with Gasteiger partial charge in [-0.1, -0.05) is 0 Å². The summed E-state index contributed by atoms with van der Waals surface area (Å²) in [7, 11) is 1.42. The molecule has 0 bridgehead atoms. The highest BCUT2D eigenvalue weighted by molar-refractivity contribution is 6.37. The molecule has 0 saturated heterocycles. The number of carbonyl (C=O) groups excluding carboxylic acids is 2. The number of benzene rings is 1. The Morgan fingerprint density at radius 2 is 1.87 bits per heavy atom. The topological polar surface area (TPSA) is 72.4 Å². The van der Waals surface area contributed by atoms with Crippen LogP contribution >= 0.6 is 0 Å². The highest BCUT2D eigenvalue weighted by atomic mass is 19.1. The minimum Gasteiger partial charge on any atom is -0.459 e. The first kappa shape index (κ1) is 16.5. The van der Waals surface area contributed by atoms with Crippen molar-refractivity contribution in [1.29, 1.82) is 0 Å². The van der Waals surface area contributed by atoms with Gasteiger partial charge in [0, 0.05) is 12.6 Å². The Kier molecular flexibility index (Phi) is 5.00. The van der Waals surface area contributed by atoms with Gasteiger partial charge in [0.05, 0.1) is 12.3 Å². The zero-order chi connectivity index (χ0) is 17.0. The number of nitrogens with zero attached hydrogens (tertiary/aromatic N) is 3. The largest absolute Gasteiger partial charge is 0.459 e. The third-order valence-corrected chi connectivity index (χ3v) is 3.17. The maximum atomic E-state index is 13.0. The smallest absolute Gasteiger partial charge is 0.397 e. The fourth-order valence-corrected chi connectivity index (χ4v) is 2.00. The number of rotatable bonds is 3. The molecule has 0 spiro atoms. The van der Waals surface area contributed by atoms with Crippen LogP contribution in [0, 0.1) is 12.7 Å². The van der Waals surface area contributed by atoms with Gasteiger partial charge in [-0.25, -0.2) is 9.18 Å². The number of anilines is 1. The number of likely N-dealkylation sites (N-methyl/N-ethyl adjacent to an activating group) is 1. The van der Waals surface area contributed by atoms with Crippen molar-refractivity contribution < 1.29 is 18.7 Å². The van der Waals surface area contributed by atoms with Crippen molar-refractivity contribution in [2.75, 3.05) is 18.6 Å². The number of carbonyl (C=O) groups is 2. The van der Waals surface area contributed by atoms with E-state index >= 15 is 0 Å². The first-order valence-electron chi connectivity index (χ1n) is 6.99. The zero-order valence-electron chi connectivity index (χ0n) is 13.0. The Morgan fingerprint density at radius 3 is 2.43 bits per heavy atom. The summed E-state index contributed by atoms with van der Waals surface area (Å²) in [6.45, 7) is 3.48. The summed E-state index contributed by atoms with van der Waals surface area (Å²) in [5.41, 5.74) is 1.90. The summed E-state index contributed by atoms with van der Waals surface area (Å²) in [6.07, 6.45) is 0. The molecule has 1 heterocycles. The standard InChI is InChI=1S/C16H16FN3O3/c1-4-23-16(22)15(21)20(3)14-10(2)9-13(18-19-14)11-5-7-12(17)8-6-11/h5-9H,4H2,1-3H3. The van der Waals surface area contributed by atoms with Gasteiger partial charge in [0.2, 0.25) is 0 Å². The molecule has 0 saturated carbocycles. The molecule has 1 aromatic heterocycles. The number of hydrogen-bond donors (Lipinski definition) is 0. The Morgan fingerprint density at radius 1 is 1.22 bits per heavy atom. The second-order valence-corrected chi connectivity index (χ2v) is 4.83. The Balaban J connectivity index is 2.27. The molecule has 23 heavy (non-hydrogen) atoms. The van der Waals surface area contributed by atoms with E-state index in [0.717, 1.165) is 4.90 Å². The van der Waals surface area contributed by atoms with Gasteiger partial charge in [-0.2, -0.15) is 0 Å². The average molecular weight is 317 g/mol. The van der Waals surface area contributed by atoms with Crippen molar-refractivity contribution in [3.05, 3.63) is 41.7 Å². The van der Waals surface area contributed by atoms with E-state index in [9.17, 15) is 14.0 Å². The van der Waals surface area contributed by atoms with Gasteiger partial charge in [0.1, 0.15) is 5.82 Å². The molecule has 6 nitrogen and oxygen atoms in total. The second-order valence-electron chi connectivity index (χ2n) is 4.83. The SMILES string of the molecule is CCOC(=O)C(=O)N(C)c1nnc(-c2ccc(F)cc2)cc1C. The molecule has 2 aromatic rings. The van der Waals surface area contributed by atoms with Crippen LogP contribution in [0.2, 0.25) is 0 Å². The lowest BCUT2D eigenvalue weighted by atomic mass is 10.1. The van der Waals surface area contributed by atoms with E-state index in [1.807, 2.05) is 0 Å². The van der Waals surface area contributed by atoms with Crippen LogP contribution in [0.3, 0.4) is 0 Å². The summed E-state index contributed by atoms with van der Waals surface area (Å²) >= 11 is 0. The van der Waals surface area contributed by atoms with Gasteiger partial charge >= 0.3 is 11.9 Å².